The van der Waals surface area contributed by atoms with Gasteiger partial charge in [-0.2, -0.15) is 0 Å². The third-order valence-corrected chi connectivity index (χ3v) is 9.96. The molecule has 5 aromatic carbocycles. The minimum Gasteiger partial charge on any atom is -0.457 e. The van der Waals surface area contributed by atoms with Crippen LogP contribution in [-0.2, 0) is 10.8 Å². The van der Waals surface area contributed by atoms with E-state index in [0.29, 0.717) is 0 Å². The van der Waals surface area contributed by atoms with Crippen molar-refractivity contribution < 1.29 is 4.74 Å². The SMILES string of the molecule is CC1(C)c2ccccc2Oc2ccc(-c3ccc(-c4ccc5c(c4)C4(CCCCC4)c4ccccc4-5)cc3)cc21. The van der Waals surface area contributed by atoms with E-state index in [1.807, 2.05) is 6.07 Å². The highest BCUT2D eigenvalue weighted by molar-refractivity contribution is 5.84. The van der Waals surface area contributed by atoms with Gasteiger partial charge < -0.3 is 4.74 Å². The molecular weight excluding hydrogens is 484 g/mol. The van der Waals surface area contributed by atoms with Crippen LogP contribution >= 0.6 is 0 Å². The molecule has 0 atom stereocenters. The normalized spacial score (nSPS) is 17.4. The van der Waals surface area contributed by atoms with Crippen molar-refractivity contribution >= 4 is 0 Å². The third kappa shape index (κ3) is 3.40. The molecule has 1 aliphatic heterocycles. The van der Waals surface area contributed by atoms with Gasteiger partial charge in [0.1, 0.15) is 11.5 Å². The minimum atomic E-state index is -0.114. The standard InChI is InChI=1S/C39H34O/c1-38(2)33-12-6-7-13-36(33)40-37-21-19-29(25-35(37)38)27-16-14-26(15-17-27)28-18-20-31-30-10-4-5-11-32(30)39(34(31)24-28)22-8-3-9-23-39/h4-7,10-21,24-25H,3,8-9,22-23H2,1-2H3. The van der Waals surface area contributed by atoms with Crippen molar-refractivity contribution in [3.63, 3.8) is 0 Å². The molecule has 0 radical (unpaired) electrons. The Morgan fingerprint density at radius 3 is 1.77 bits per heavy atom. The summed E-state index contributed by atoms with van der Waals surface area (Å²) in [6, 6.07) is 40.5. The summed E-state index contributed by atoms with van der Waals surface area (Å²) in [6.07, 6.45) is 6.53. The number of fused-ring (bicyclic) bond motifs is 7. The molecule has 1 heteroatoms. The summed E-state index contributed by atoms with van der Waals surface area (Å²) in [5, 5.41) is 0. The van der Waals surface area contributed by atoms with Crippen molar-refractivity contribution in [2.45, 2.75) is 56.8 Å². The van der Waals surface area contributed by atoms with Crippen molar-refractivity contribution in [2.24, 2.45) is 0 Å². The monoisotopic (exact) mass is 518 g/mol. The van der Waals surface area contributed by atoms with Gasteiger partial charge in [-0.25, -0.2) is 0 Å². The number of hydrogen-bond acceptors (Lipinski definition) is 1. The maximum atomic E-state index is 6.29. The number of ether oxygens (including phenoxy) is 1. The Bertz CT molecular complexity index is 1770. The first-order valence-electron chi connectivity index (χ1n) is 14.8. The lowest BCUT2D eigenvalue weighted by Gasteiger charge is -2.36. The fourth-order valence-corrected chi connectivity index (χ4v) is 7.81. The summed E-state index contributed by atoms with van der Waals surface area (Å²) < 4.78 is 6.29. The van der Waals surface area contributed by atoms with Gasteiger partial charge >= 0.3 is 0 Å². The van der Waals surface area contributed by atoms with Crippen molar-refractivity contribution in [3.05, 3.63) is 131 Å². The minimum absolute atomic E-state index is 0.114. The van der Waals surface area contributed by atoms with E-state index in [4.69, 9.17) is 4.74 Å². The van der Waals surface area contributed by atoms with Gasteiger partial charge in [-0.3, -0.25) is 0 Å². The lowest BCUT2D eigenvalue weighted by Crippen LogP contribution is -2.28. The molecular formula is C39H34O. The first-order chi connectivity index (χ1) is 19.5. The van der Waals surface area contributed by atoms with E-state index in [-0.39, 0.29) is 10.8 Å². The molecule has 1 fully saturated rings. The van der Waals surface area contributed by atoms with Gasteiger partial charge in [0.05, 0.1) is 0 Å². The largest absolute Gasteiger partial charge is 0.457 e. The molecule has 40 heavy (non-hydrogen) atoms. The van der Waals surface area contributed by atoms with Gasteiger partial charge in [0.2, 0.25) is 0 Å². The molecule has 0 aromatic heterocycles. The van der Waals surface area contributed by atoms with Crippen LogP contribution < -0.4 is 4.74 Å². The van der Waals surface area contributed by atoms with Gasteiger partial charge in [0.25, 0.3) is 0 Å². The summed E-state index contributed by atoms with van der Waals surface area (Å²) in [5.41, 5.74) is 13.6. The maximum absolute atomic E-state index is 6.29. The first-order valence-corrected chi connectivity index (χ1v) is 14.8. The lowest BCUT2D eigenvalue weighted by molar-refractivity contribution is 0.353. The summed E-state index contributed by atoms with van der Waals surface area (Å²) >= 11 is 0. The van der Waals surface area contributed by atoms with Crippen LogP contribution in [0.25, 0.3) is 33.4 Å². The second kappa shape index (κ2) is 8.70. The Balaban J connectivity index is 1.15. The number of benzene rings is 5. The molecule has 1 spiro atoms. The maximum Gasteiger partial charge on any atom is 0.131 e. The lowest BCUT2D eigenvalue weighted by atomic mass is 9.67. The second-order valence-corrected chi connectivity index (χ2v) is 12.5. The Labute approximate surface area is 237 Å². The molecule has 1 nitrogen and oxygen atoms in total. The summed E-state index contributed by atoms with van der Waals surface area (Å²) in [5.74, 6) is 1.92. The molecule has 1 saturated carbocycles. The molecule has 0 amide bonds. The number of para-hydroxylation sites is 1. The average Bonchev–Trinajstić information content (AvgIpc) is 3.26. The predicted molar refractivity (Wildman–Crippen MR) is 165 cm³/mol. The van der Waals surface area contributed by atoms with Crippen LogP contribution in [0.15, 0.2) is 109 Å². The van der Waals surface area contributed by atoms with Crippen molar-refractivity contribution in [1.29, 1.82) is 0 Å². The molecule has 8 rings (SSSR count). The fraction of sp³-hybridized carbons (Fsp3) is 0.231. The summed E-state index contributed by atoms with van der Waals surface area (Å²) in [6.45, 7) is 4.59. The van der Waals surface area contributed by atoms with Crippen LogP contribution in [0.5, 0.6) is 11.5 Å². The van der Waals surface area contributed by atoms with Crippen LogP contribution in [0, 0.1) is 0 Å². The van der Waals surface area contributed by atoms with Gasteiger partial charge in [0, 0.05) is 22.0 Å². The zero-order chi connectivity index (χ0) is 26.9. The first kappa shape index (κ1) is 23.8. The molecule has 2 aliphatic carbocycles. The van der Waals surface area contributed by atoms with Crippen LogP contribution in [0.3, 0.4) is 0 Å². The number of hydrogen-bond donors (Lipinski definition) is 0. The van der Waals surface area contributed by atoms with Gasteiger partial charge in [0.15, 0.2) is 0 Å². The Kier molecular flexibility index (Phi) is 5.17. The molecule has 1 heterocycles. The predicted octanol–water partition coefficient (Wildman–Crippen LogP) is 10.7. The zero-order valence-electron chi connectivity index (χ0n) is 23.3. The van der Waals surface area contributed by atoms with Crippen LogP contribution in [0.2, 0.25) is 0 Å². The van der Waals surface area contributed by atoms with E-state index in [2.05, 4.69) is 117 Å². The molecule has 3 aliphatic rings. The fourth-order valence-electron chi connectivity index (χ4n) is 7.81. The zero-order valence-corrected chi connectivity index (χ0v) is 23.3. The molecule has 5 aromatic rings. The van der Waals surface area contributed by atoms with Crippen molar-refractivity contribution in [3.8, 4) is 44.9 Å². The van der Waals surface area contributed by atoms with Crippen molar-refractivity contribution in [1.82, 2.24) is 0 Å². The highest BCUT2D eigenvalue weighted by atomic mass is 16.5. The van der Waals surface area contributed by atoms with Crippen LogP contribution in [0.1, 0.15) is 68.2 Å². The Hall–Kier alpha value is -4.10. The molecule has 0 bridgehead atoms. The van der Waals surface area contributed by atoms with E-state index >= 15 is 0 Å². The Morgan fingerprint density at radius 1 is 0.475 bits per heavy atom. The average molecular weight is 519 g/mol. The smallest absolute Gasteiger partial charge is 0.131 e. The quantitative estimate of drug-likeness (QED) is 0.226. The molecule has 0 N–H and O–H groups in total. The van der Waals surface area contributed by atoms with E-state index in [1.165, 1.54) is 76.6 Å². The van der Waals surface area contributed by atoms with E-state index in [1.54, 1.807) is 11.1 Å². The number of rotatable bonds is 2. The summed E-state index contributed by atoms with van der Waals surface area (Å²) in [7, 11) is 0. The van der Waals surface area contributed by atoms with E-state index in [0.717, 1.165) is 11.5 Å². The van der Waals surface area contributed by atoms with Gasteiger partial charge in [-0.1, -0.05) is 118 Å². The highest BCUT2D eigenvalue weighted by Crippen LogP contribution is 2.56. The molecule has 0 unspecified atom stereocenters. The second-order valence-electron chi connectivity index (χ2n) is 12.5. The topological polar surface area (TPSA) is 9.23 Å². The molecule has 0 saturated heterocycles. The van der Waals surface area contributed by atoms with E-state index in [9.17, 15) is 0 Å². The Morgan fingerprint density at radius 2 is 1.02 bits per heavy atom. The van der Waals surface area contributed by atoms with Crippen LogP contribution in [-0.4, -0.2) is 0 Å². The highest BCUT2D eigenvalue weighted by Gasteiger charge is 2.43. The van der Waals surface area contributed by atoms with E-state index < -0.39 is 0 Å². The van der Waals surface area contributed by atoms with Gasteiger partial charge in [-0.15, -0.1) is 0 Å². The van der Waals surface area contributed by atoms with Crippen molar-refractivity contribution in [2.75, 3.05) is 0 Å². The molecule has 196 valence electrons. The van der Waals surface area contributed by atoms with Gasteiger partial charge in [-0.05, 0) is 81.6 Å². The summed E-state index contributed by atoms with van der Waals surface area (Å²) in [4.78, 5) is 0. The third-order valence-electron chi connectivity index (χ3n) is 9.96. The van der Waals surface area contributed by atoms with Crippen LogP contribution in [0.4, 0.5) is 0 Å².